The van der Waals surface area contributed by atoms with Crippen LogP contribution in [0, 0.1) is 0 Å². The van der Waals surface area contributed by atoms with E-state index >= 15 is 0 Å². The third kappa shape index (κ3) is 10.8. The van der Waals surface area contributed by atoms with Gasteiger partial charge in [-0.1, -0.05) is 31.7 Å². The zero-order valence-corrected chi connectivity index (χ0v) is 33.7. The number of aldehydes is 1. The monoisotopic (exact) mass is 801 g/mol. The summed E-state index contributed by atoms with van der Waals surface area (Å²) in [5.41, 5.74) is 13.3. The summed E-state index contributed by atoms with van der Waals surface area (Å²) in [7, 11) is 8.55. The van der Waals surface area contributed by atoms with Crippen molar-refractivity contribution in [2.45, 2.75) is 51.6 Å². The molecule has 12 heteroatoms. The predicted octanol–water partition coefficient (Wildman–Crippen LogP) is 9.04. The second-order valence-electron chi connectivity index (χ2n) is 14.1. The molecule has 0 saturated heterocycles. The molecule has 3 aliphatic heterocycles. The number of hydrogen-bond donors (Lipinski definition) is 1. The number of aliphatic imine (C=N–C) groups is 2. The number of ether oxygens (including phenoxy) is 5. The molecule has 0 aromatic heterocycles. The highest BCUT2D eigenvalue weighted by atomic mass is 16.5. The van der Waals surface area contributed by atoms with Gasteiger partial charge in [0.25, 0.3) is 5.91 Å². The van der Waals surface area contributed by atoms with Gasteiger partial charge in [-0.2, -0.15) is 0 Å². The number of fused-ring (bicyclic) bond motifs is 2. The Morgan fingerprint density at radius 1 is 0.797 bits per heavy atom. The molecule has 3 heterocycles. The maximum Gasteiger partial charge on any atom is 0.260 e. The van der Waals surface area contributed by atoms with E-state index in [1.165, 1.54) is 5.57 Å². The number of carbonyl (C=O) groups excluding carboxylic acids is 2. The number of benzene rings is 4. The van der Waals surface area contributed by atoms with E-state index in [4.69, 9.17) is 29.4 Å². The largest absolute Gasteiger partial charge is 0.497 e. The summed E-state index contributed by atoms with van der Waals surface area (Å²) in [6, 6.07) is 24.6. The molecule has 12 nitrogen and oxygen atoms in total. The topological polar surface area (TPSA) is 138 Å². The number of methoxy groups -OCH3 is 4. The van der Waals surface area contributed by atoms with Gasteiger partial charge in [-0.05, 0) is 96.5 Å². The summed E-state index contributed by atoms with van der Waals surface area (Å²) in [6.07, 6.45) is 13.1. The molecule has 3 aliphatic rings. The summed E-state index contributed by atoms with van der Waals surface area (Å²) in [5, 5.41) is 0. The molecule has 7 rings (SSSR count). The van der Waals surface area contributed by atoms with Crippen LogP contribution in [0.4, 0.5) is 17.1 Å². The van der Waals surface area contributed by atoms with E-state index in [0.717, 1.165) is 73.1 Å². The van der Waals surface area contributed by atoms with E-state index < -0.39 is 0 Å². The zero-order valence-electron chi connectivity index (χ0n) is 33.7. The minimum Gasteiger partial charge on any atom is -0.497 e. The minimum absolute atomic E-state index is 0. The number of carbonyl (C=O) groups is 2. The normalized spacial score (nSPS) is 16.5. The van der Waals surface area contributed by atoms with Crippen LogP contribution in [0.3, 0.4) is 0 Å². The fraction of sp³-hybridized carbons (Fsp3) is 0.319. The fourth-order valence-electron chi connectivity index (χ4n) is 6.93. The van der Waals surface area contributed by atoms with Gasteiger partial charge in [0.05, 0.1) is 57.0 Å². The Bertz CT molecular complexity index is 2180. The van der Waals surface area contributed by atoms with Crippen LogP contribution in [0.15, 0.2) is 101 Å². The lowest BCUT2D eigenvalue weighted by atomic mass is 10.0. The summed E-state index contributed by atoms with van der Waals surface area (Å²) in [5.74, 6) is 2.54. The van der Waals surface area contributed by atoms with Gasteiger partial charge in [0.2, 0.25) is 0 Å². The third-order valence-electron chi connectivity index (χ3n) is 10.3. The second-order valence-corrected chi connectivity index (χ2v) is 14.1. The lowest BCUT2D eigenvalue weighted by Gasteiger charge is -2.18. The Hall–Kier alpha value is -6.40. The summed E-state index contributed by atoms with van der Waals surface area (Å²) >= 11 is 0. The number of nitrogens with zero attached hydrogens (tertiary/aromatic N) is 4. The van der Waals surface area contributed by atoms with Gasteiger partial charge in [-0.25, -0.2) is 0 Å². The van der Waals surface area contributed by atoms with E-state index in [-0.39, 0.29) is 25.4 Å². The van der Waals surface area contributed by atoms with Crippen LogP contribution in [0.1, 0.15) is 71.4 Å². The van der Waals surface area contributed by atoms with Gasteiger partial charge < -0.3 is 39.2 Å². The minimum atomic E-state index is -0.0663. The number of amides is 1. The number of hydrogen-bond acceptors (Lipinski definition) is 11. The first-order valence-corrected chi connectivity index (χ1v) is 19.3. The first-order valence-electron chi connectivity index (χ1n) is 19.3. The van der Waals surface area contributed by atoms with Gasteiger partial charge in [0.15, 0.2) is 17.8 Å². The fourth-order valence-corrected chi connectivity index (χ4v) is 6.93. The highest BCUT2D eigenvalue weighted by Crippen LogP contribution is 2.37. The van der Waals surface area contributed by atoms with Crippen molar-refractivity contribution in [2.24, 2.45) is 9.98 Å². The Kier molecular flexibility index (Phi) is 15.4. The molecule has 1 amide bonds. The molecule has 4 aromatic rings. The lowest BCUT2D eigenvalue weighted by molar-refractivity contribution is 0.0817. The molecule has 0 saturated carbocycles. The summed E-state index contributed by atoms with van der Waals surface area (Å²) < 4.78 is 26.9. The highest BCUT2D eigenvalue weighted by molar-refractivity contribution is 6.05. The zero-order chi connectivity index (χ0) is 41.0. The van der Waals surface area contributed by atoms with Crippen LogP contribution in [0.2, 0.25) is 0 Å². The van der Waals surface area contributed by atoms with Gasteiger partial charge in [-0.15, -0.1) is 0 Å². The SMILES string of the molecule is C.COCCCCCOc1cc(N=CC2CC(c3ccc(OC)cc3)=CN2C)c(C=O)cc1OC.COc1ccc2c(c1)C(=O)N1C=C(c3ccc(N)cc3)CC1C=N2. The van der Waals surface area contributed by atoms with Crippen LogP contribution in [0.5, 0.6) is 23.0 Å². The molecule has 2 N–H and O–H groups in total. The number of unbranched alkanes of at least 4 members (excludes halogenated alkanes) is 2. The van der Waals surface area contributed by atoms with Crippen molar-refractivity contribution >= 4 is 52.8 Å². The molecule has 310 valence electrons. The first kappa shape index (κ1) is 43.7. The Labute approximate surface area is 347 Å². The number of nitrogens with two attached hydrogens (primary N) is 1. The molecule has 0 spiro atoms. The Balaban J connectivity index is 0.000000232. The van der Waals surface area contributed by atoms with Crippen LogP contribution in [-0.2, 0) is 4.74 Å². The van der Waals surface area contributed by atoms with Gasteiger partial charge in [0.1, 0.15) is 11.5 Å². The molecule has 0 fully saturated rings. The molecule has 0 aliphatic carbocycles. The number of nitrogen functional groups attached to an aromatic ring is 1. The molecule has 2 unspecified atom stereocenters. The van der Waals surface area contributed by atoms with Crippen LogP contribution in [-0.4, -0.2) is 95.2 Å². The second kappa shape index (κ2) is 20.9. The maximum atomic E-state index is 12.9. The average molecular weight is 802 g/mol. The van der Waals surface area contributed by atoms with Gasteiger partial charge in [0, 0.05) is 69.3 Å². The molecule has 0 radical (unpaired) electrons. The van der Waals surface area contributed by atoms with Crippen molar-refractivity contribution in [2.75, 3.05) is 54.4 Å². The van der Waals surface area contributed by atoms with E-state index in [0.29, 0.717) is 46.4 Å². The number of anilines is 1. The van der Waals surface area contributed by atoms with E-state index in [2.05, 4.69) is 33.2 Å². The van der Waals surface area contributed by atoms with Crippen molar-refractivity contribution in [3.8, 4) is 23.0 Å². The van der Waals surface area contributed by atoms with E-state index in [1.807, 2.05) is 74.2 Å². The summed E-state index contributed by atoms with van der Waals surface area (Å²) in [4.78, 5) is 37.7. The Morgan fingerprint density at radius 3 is 2.15 bits per heavy atom. The Morgan fingerprint density at radius 2 is 1.47 bits per heavy atom. The first-order chi connectivity index (χ1) is 28.2. The molecular formula is C47H55N5O7. The maximum absolute atomic E-state index is 12.9. The van der Waals surface area contributed by atoms with Crippen molar-refractivity contribution in [3.05, 3.63) is 114 Å². The molecule has 2 atom stereocenters. The predicted molar refractivity (Wildman–Crippen MR) is 236 cm³/mol. The van der Waals surface area contributed by atoms with Crippen molar-refractivity contribution in [1.29, 1.82) is 0 Å². The van der Waals surface area contributed by atoms with Gasteiger partial charge in [-0.3, -0.25) is 19.6 Å². The van der Waals surface area contributed by atoms with Gasteiger partial charge >= 0.3 is 0 Å². The third-order valence-corrected chi connectivity index (χ3v) is 10.3. The molecule has 4 aromatic carbocycles. The van der Waals surface area contributed by atoms with Crippen LogP contribution in [0.25, 0.3) is 11.1 Å². The lowest BCUT2D eigenvalue weighted by Crippen LogP contribution is -2.32. The molecule has 0 bridgehead atoms. The van der Waals surface area contributed by atoms with Crippen LogP contribution >= 0.6 is 0 Å². The quantitative estimate of drug-likeness (QED) is 0.0540. The van der Waals surface area contributed by atoms with Crippen molar-refractivity contribution < 1.29 is 33.3 Å². The average Bonchev–Trinajstić information content (AvgIpc) is 3.83. The van der Waals surface area contributed by atoms with E-state index in [1.54, 1.807) is 51.5 Å². The highest BCUT2D eigenvalue weighted by Gasteiger charge is 2.32. The van der Waals surface area contributed by atoms with Crippen LogP contribution < -0.4 is 24.7 Å². The van der Waals surface area contributed by atoms with E-state index in [9.17, 15) is 9.59 Å². The molecular weight excluding hydrogens is 747 g/mol. The smallest absolute Gasteiger partial charge is 0.260 e. The van der Waals surface area contributed by atoms with Crippen molar-refractivity contribution in [3.63, 3.8) is 0 Å². The van der Waals surface area contributed by atoms with Crippen molar-refractivity contribution in [1.82, 2.24) is 9.80 Å². The number of rotatable bonds is 15. The standard InChI is InChI=1S/C27H34N2O5.C19H17N3O2.CH4/c1-29-18-21(20-8-10-24(32-3)11-9-20)14-23(29)17-28-25-16-27(26(33-4)15-22(25)19-30)34-13-7-5-6-12-31-2;1-24-16-6-7-18-17(9-16)19(23)22-11-13(8-15(22)10-21-18)12-2-4-14(20)5-3-12;/h8-11,15-19,23H,5-7,12-14H2,1-4H3;2-7,9-11,15H,8,20H2,1H3;1H4. The summed E-state index contributed by atoms with van der Waals surface area (Å²) in [6.45, 7) is 1.31. The molecule has 59 heavy (non-hydrogen) atoms.